The topological polar surface area (TPSA) is 104 Å². The average molecular weight is 317 g/mol. The Bertz CT molecular complexity index is 566. The molecule has 1 aromatic carbocycles. The summed E-state index contributed by atoms with van der Waals surface area (Å²) in [6.45, 7) is -0.831. The van der Waals surface area contributed by atoms with E-state index in [1.165, 1.54) is 19.2 Å². The molecule has 7 nitrogen and oxygen atoms in total. The number of carbonyl (C=O) groups excluding carboxylic acids is 1. The van der Waals surface area contributed by atoms with Crippen molar-refractivity contribution in [3.63, 3.8) is 0 Å². The molecule has 0 aliphatic rings. The third-order valence-electron chi connectivity index (χ3n) is 2.79. The van der Waals surface area contributed by atoms with Crippen molar-refractivity contribution in [2.24, 2.45) is 0 Å². The number of sulfonamides is 1. The molecular formula is C13H19NO6S. The van der Waals surface area contributed by atoms with Gasteiger partial charge in [-0.15, -0.1) is 0 Å². The number of methoxy groups -OCH3 is 1. The molecule has 1 aromatic rings. The molecule has 0 radical (unpaired) electrons. The summed E-state index contributed by atoms with van der Waals surface area (Å²) in [5.41, 5.74) is 0.694. The Hall–Kier alpha value is -1.48. The Morgan fingerprint density at radius 2 is 1.86 bits per heavy atom. The SMILES string of the molecule is COC(=O)c1cccc(CS(=O)(=O)N(CCO)CCO)c1. The van der Waals surface area contributed by atoms with E-state index in [0.29, 0.717) is 5.56 Å². The Morgan fingerprint density at radius 1 is 1.24 bits per heavy atom. The summed E-state index contributed by atoms with van der Waals surface area (Å²) in [5.74, 6) is -0.866. The summed E-state index contributed by atoms with van der Waals surface area (Å²) < 4.78 is 30.0. The van der Waals surface area contributed by atoms with E-state index in [1.54, 1.807) is 12.1 Å². The fourth-order valence-corrected chi connectivity index (χ4v) is 3.32. The first-order valence-corrected chi connectivity index (χ1v) is 7.92. The van der Waals surface area contributed by atoms with Crippen molar-refractivity contribution in [1.82, 2.24) is 4.31 Å². The highest BCUT2D eigenvalue weighted by atomic mass is 32.2. The van der Waals surface area contributed by atoms with E-state index >= 15 is 0 Å². The second kappa shape index (κ2) is 8.08. The van der Waals surface area contributed by atoms with Crippen LogP contribution in [0.15, 0.2) is 24.3 Å². The van der Waals surface area contributed by atoms with E-state index < -0.39 is 16.0 Å². The first-order valence-electron chi connectivity index (χ1n) is 6.31. The smallest absolute Gasteiger partial charge is 0.337 e. The highest BCUT2D eigenvalue weighted by molar-refractivity contribution is 7.88. The van der Waals surface area contributed by atoms with Gasteiger partial charge < -0.3 is 14.9 Å². The number of aliphatic hydroxyl groups excluding tert-OH is 2. The lowest BCUT2D eigenvalue weighted by Crippen LogP contribution is -2.36. The zero-order chi connectivity index (χ0) is 15.9. The maximum Gasteiger partial charge on any atom is 0.337 e. The molecule has 0 aliphatic heterocycles. The highest BCUT2D eigenvalue weighted by Gasteiger charge is 2.22. The molecule has 0 saturated carbocycles. The number of hydrogen-bond acceptors (Lipinski definition) is 6. The number of ether oxygens (including phenoxy) is 1. The van der Waals surface area contributed by atoms with Gasteiger partial charge in [-0.2, -0.15) is 4.31 Å². The van der Waals surface area contributed by atoms with Crippen LogP contribution in [0.2, 0.25) is 0 Å². The van der Waals surface area contributed by atoms with Crippen molar-refractivity contribution in [2.75, 3.05) is 33.4 Å². The molecule has 0 aromatic heterocycles. The Kier molecular flexibility index (Phi) is 6.76. The van der Waals surface area contributed by atoms with Gasteiger partial charge in [-0.05, 0) is 17.7 Å². The standard InChI is InChI=1S/C13H19NO6S/c1-20-13(17)12-4-2-3-11(9-12)10-21(18,19)14(5-7-15)6-8-16/h2-4,9,15-16H,5-8,10H2,1H3. The van der Waals surface area contributed by atoms with Crippen LogP contribution in [0.3, 0.4) is 0 Å². The van der Waals surface area contributed by atoms with Crippen LogP contribution in [0, 0.1) is 0 Å². The van der Waals surface area contributed by atoms with Gasteiger partial charge >= 0.3 is 5.97 Å². The van der Waals surface area contributed by atoms with Crippen LogP contribution in [0.4, 0.5) is 0 Å². The zero-order valence-electron chi connectivity index (χ0n) is 11.7. The van der Waals surface area contributed by atoms with Gasteiger partial charge in [0.15, 0.2) is 0 Å². The molecule has 0 unspecified atom stereocenters. The first-order chi connectivity index (χ1) is 9.94. The molecule has 8 heteroatoms. The van der Waals surface area contributed by atoms with Crippen LogP contribution < -0.4 is 0 Å². The van der Waals surface area contributed by atoms with Crippen molar-refractivity contribution >= 4 is 16.0 Å². The fraction of sp³-hybridized carbons (Fsp3) is 0.462. The minimum Gasteiger partial charge on any atom is -0.465 e. The fourth-order valence-electron chi connectivity index (χ4n) is 1.82. The van der Waals surface area contributed by atoms with Gasteiger partial charge in [0.2, 0.25) is 10.0 Å². The molecule has 21 heavy (non-hydrogen) atoms. The number of aliphatic hydroxyl groups is 2. The number of rotatable bonds is 8. The molecular weight excluding hydrogens is 298 g/mol. The Balaban J connectivity index is 2.94. The van der Waals surface area contributed by atoms with Crippen molar-refractivity contribution in [2.45, 2.75) is 5.75 Å². The molecule has 0 heterocycles. The molecule has 2 N–H and O–H groups in total. The summed E-state index contributed by atoms with van der Waals surface area (Å²) in [5, 5.41) is 17.8. The number of esters is 1. The molecule has 1 rings (SSSR count). The lowest BCUT2D eigenvalue weighted by molar-refractivity contribution is 0.0600. The minimum atomic E-state index is -3.69. The molecule has 0 spiro atoms. The lowest BCUT2D eigenvalue weighted by Gasteiger charge is -2.20. The van der Waals surface area contributed by atoms with E-state index in [-0.39, 0.29) is 37.6 Å². The lowest BCUT2D eigenvalue weighted by atomic mass is 10.1. The number of benzene rings is 1. The van der Waals surface area contributed by atoms with Crippen LogP contribution >= 0.6 is 0 Å². The number of hydrogen-bond donors (Lipinski definition) is 2. The monoisotopic (exact) mass is 317 g/mol. The van der Waals surface area contributed by atoms with E-state index in [9.17, 15) is 13.2 Å². The summed E-state index contributed by atoms with van der Waals surface area (Å²) in [4.78, 5) is 11.4. The van der Waals surface area contributed by atoms with Gasteiger partial charge in [-0.1, -0.05) is 12.1 Å². The second-order valence-electron chi connectivity index (χ2n) is 4.29. The summed E-state index contributed by atoms with van der Waals surface area (Å²) in [6.07, 6.45) is 0. The van der Waals surface area contributed by atoms with Crippen molar-refractivity contribution in [3.05, 3.63) is 35.4 Å². The maximum atomic E-state index is 12.2. The third-order valence-corrected chi connectivity index (χ3v) is 4.64. The molecule has 0 bridgehead atoms. The van der Waals surface area contributed by atoms with Crippen LogP contribution in [0.25, 0.3) is 0 Å². The normalized spacial score (nSPS) is 11.6. The minimum absolute atomic E-state index is 0.0837. The van der Waals surface area contributed by atoms with Gasteiger partial charge in [-0.25, -0.2) is 13.2 Å². The van der Waals surface area contributed by atoms with Gasteiger partial charge in [-0.3, -0.25) is 0 Å². The quantitative estimate of drug-likeness (QED) is 0.632. The van der Waals surface area contributed by atoms with Crippen molar-refractivity contribution < 1.29 is 28.2 Å². The predicted molar refractivity (Wildman–Crippen MR) is 76.1 cm³/mol. The van der Waals surface area contributed by atoms with Crippen LogP contribution in [0.5, 0.6) is 0 Å². The maximum absolute atomic E-state index is 12.2. The Labute approximate surface area is 123 Å². The van der Waals surface area contributed by atoms with E-state index in [0.717, 1.165) is 4.31 Å². The average Bonchev–Trinajstić information content (AvgIpc) is 2.46. The number of nitrogens with zero attached hydrogens (tertiary/aromatic N) is 1. The van der Waals surface area contributed by atoms with Crippen molar-refractivity contribution in [3.8, 4) is 0 Å². The van der Waals surface area contributed by atoms with Gasteiger partial charge in [0.25, 0.3) is 0 Å². The Morgan fingerprint density at radius 3 is 2.38 bits per heavy atom. The van der Waals surface area contributed by atoms with Crippen molar-refractivity contribution in [1.29, 1.82) is 0 Å². The first kappa shape index (κ1) is 17.6. The van der Waals surface area contributed by atoms with Gasteiger partial charge in [0, 0.05) is 13.1 Å². The second-order valence-corrected chi connectivity index (χ2v) is 6.26. The van der Waals surface area contributed by atoms with Crippen LogP contribution in [-0.2, 0) is 20.5 Å². The molecule has 0 saturated heterocycles. The van der Waals surface area contributed by atoms with E-state index in [4.69, 9.17) is 10.2 Å². The molecule has 0 amide bonds. The molecule has 0 aliphatic carbocycles. The van der Waals surface area contributed by atoms with Crippen LogP contribution in [-0.4, -0.2) is 62.3 Å². The summed E-state index contributed by atoms with van der Waals surface area (Å²) in [7, 11) is -2.44. The van der Waals surface area contributed by atoms with E-state index in [1.807, 2.05) is 0 Å². The predicted octanol–water partition coefficient (Wildman–Crippen LogP) is -0.410. The number of carbonyl (C=O) groups is 1. The molecule has 118 valence electrons. The summed E-state index contributed by atoms with van der Waals surface area (Å²) >= 11 is 0. The molecule has 0 fully saturated rings. The highest BCUT2D eigenvalue weighted by Crippen LogP contribution is 2.13. The van der Waals surface area contributed by atoms with Gasteiger partial charge in [0.05, 0.1) is 31.6 Å². The molecule has 0 atom stereocenters. The summed E-state index contributed by atoms with van der Waals surface area (Å²) in [6, 6.07) is 6.13. The van der Waals surface area contributed by atoms with Crippen LogP contribution in [0.1, 0.15) is 15.9 Å². The largest absolute Gasteiger partial charge is 0.465 e. The van der Waals surface area contributed by atoms with Gasteiger partial charge in [0.1, 0.15) is 0 Å². The zero-order valence-corrected chi connectivity index (χ0v) is 12.5. The van der Waals surface area contributed by atoms with E-state index in [2.05, 4.69) is 4.74 Å². The third kappa shape index (κ3) is 5.09.